The molecule has 0 bridgehead atoms. The van der Waals surface area contributed by atoms with Crippen molar-refractivity contribution < 1.29 is 23.1 Å². The maximum absolute atomic E-state index is 12.5. The second kappa shape index (κ2) is 8.11. The van der Waals surface area contributed by atoms with Crippen molar-refractivity contribution in [1.82, 2.24) is 4.72 Å². The van der Waals surface area contributed by atoms with E-state index >= 15 is 0 Å². The van der Waals surface area contributed by atoms with E-state index in [0.29, 0.717) is 12.2 Å². The first kappa shape index (κ1) is 18.4. The number of rotatable bonds is 9. The van der Waals surface area contributed by atoms with Gasteiger partial charge in [0, 0.05) is 19.7 Å². The van der Waals surface area contributed by atoms with Crippen molar-refractivity contribution in [2.45, 2.75) is 31.2 Å². The molecule has 7 nitrogen and oxygen atoms in total. The van der Waals surface area contributed by atoms with Gasteiger partial charge < -0.3 is 15.2 Å². The van der Waals surface area contributed by atoms with Crippen LogP contribution in [0.5, 0.6) is 0 Å². The third-order valence-electron chi connectivity index (χ3n) is 2.86. The summed E-state index contributed by atoms with van der Waals surface area (Å²) in [7, 11) is -2.38. The summed E-state index contributed by atoms with van der Waals surface area (Å²) in [6.45, 7) is 4.42. The van der Waals surface area contributed by atoms with Gasteiger partial charge in [0.05, 0.1) is 17.9 Å². The third kappa shape index (κ3) is 4.97. The fourth-order valence-corrected chi connectivity index (χ4v) is 3.33. The van der Waals surface area contributed by atoms with E-state index in [2.05, 4.69) is 10.0 Å². The van der Waals surface area contributed by atoms with E-state index in [0.717, 1.165) is 12.5 Å². The largest absolute Gasteiger partial charge is 0.478 e. The highest BCUT2D eigenvalue weighted by Gasteiger charge is 2.22. The SMILES string of the molecule is CCCNc1ccc(C(=O)O)cc1S(=O)(=O)N[C@@H](C)COC. The number of hydrogen-bond acceptors (Lipinski definition) is 5. The molecule has 8 heteroatoms. The highest BCUT2D eigenvalue weighted by atomic mass is 32.2. The number of methoxy groups -OCH3 is 1. The minimum Gasteiger partial charge on any atom is -0.478 e. The summed E-state index contributed by atoms with van der Waals surface area (Å²) in [6.07, 6.45) is 0.813. The zero-order valence-electron chi connectivity index (χ0n) is 12.9. The first-order chi connectivity index (χ1) is 10.3. The van der Waals surface area contributed by atoms with Gasteiger partial charge in [-0.05, 0) is 31.5 Å². The number of carbonyl (C=O) groups is 1. The van der Waals surface area contributed by atoms with Gasteiger partial charge in [-0.3, -0.25) is 0 Å². The Morgan fingerprint density at radius 1 is 1.41 bits per heavy atom. The van der Waals surface area contributed by atoms with Gasteiger partial charge >= 0.3 is 5.97 Å². The first-order valence-corrected chi connectivity index (χ1v) is 8.42. The van der Waals surface area contributed by atoms with Crippen molar-refractivity contribution in [3.63, 3.8) is 0 Å². The van der Waals surface area contributed by atoms with Gasteiger partial charge in [0.1, 0.15) is 4.90 Å². The van der Waals surface area contributed by atoms with E-state index < -0.39 is 22.0 Å². The van der Waals surface area contributed by atoms with Gasteiger partial charge in [-0.15, -0.1) is 0 Å². The molecule has 0 aliphatic carbocycles. The van der Waals surface area contributed by atoms with E-state index in [1.54, 1.807) is 6.92 Å². The molecule has 124 valence electrons. The second-order valence-electron chi connectivity index (χ2n) is 4.92. The van der Waals surface area contributed by atoms with Gasteiger partial charge in [0.15, 0.2) is 0 Å². The molecule has 0 radical (unpaired) electrons. The Balaban J connectivity index is 3.21. The van der Waals surface area contributed by atoms with Crippen LogP contribution in [0, 0.1) is 0 Å². The number of sulfonamides is 1. The van der Waals surface area contributed by atoms with Crippen molar-refractivity contribution in [2.75, 3.05) is 25.6 Å². The lowest BCUT2D eigenvalue weighted by atomic mass is 10.2. The topological polar surface area (TPSA) is 105 Å². The first-order valence-electron chi connectivity index (χ1n) is 6.94. The average molecular weight is 330 g/mol. The smallest absolute Gasteiger partial charge is 0.335 e. The molecule has 0 heterocycles. The second-order valence-corrected chi connectivity index (χ2v) is 6.60. The van der Waals surface area contributed by atoms with Crippen LogP contribution < -0.4 is 10.0 Å². The van der Waals surface area contributed by atoms with Crippen LogP contribution in [0.4, 0.5) is 5.69 Å². The molecule has 1 atom stereocenters. The summed E-state index contributed by atoms with van der Waals surface area (Å²) in [5.41, 5.74) is 0.297. The molecule has 0 saturated heterocycles. The van der Waals surface area contributed by atoms with E-state index in [9.17, 15) is 13.2 Å². The highest BCUT2D eigenvalue weighted by molar-refractivity contribution is 7.89. The lowest BCUT2D eigenvalue weighted by Gasteiger charge is -2.17. The van der Waals surface area contributed by atoms with Gasteiger partial charge in [-0.25, -0.2) is 17.9 Å². The number of aromatic carboxylic acids is 1. The van der Waals surface area contributed by atoms with Crippen molar-refractivity contribution in [1.29, 1.82) is 0 Å². The molecule has 1 aromatic rings. The zero-order valence-corrected chi connectivity index (χ0v) is 13.7. The normalized spacial score (nSPS) is 12.9. The highest BCUT2D eigenvalue weighted by Crippen LogP contribution is 2.23. The predicted octanol–water partition coefficient (Wildman–Crippen LogP) is 1.52. The predicted molar refractivity (Wildman–Crippen MR) is 83.8 cm³/mol. The van der Waals surface area contributed by atoms with Gasteiger partial charge in [0.2, 0.25) is 10.0 Å². The van der Waals surface area contributed by atoms with E-state index in [1.807, 2.05) is 6.92 Å². The number of ether oxygens (including phenoxy) is 1. The molecule has 0 unspecified atom stereocenters. The Labute approximate surface area is 130 Å². The Kier molecular flexibility index (Phi) is 6.79. The van der Waals surface area contributed by atoms with Crippen LogP contribution in [0.25, 0.3) is 0 Å². The summed E-state index contributed by atoms with van der Waals surface area (Å²) in [6, 6.07) is 3.57. The number of carboxylic acids is 1. The molecule has 1 aromatic carbocycles. The molecule has 1 rings (SSSR count). The minimum absolute atomic E-state index is 0.0798. The number of hydrogen-bond donors (Lipinski definition) is 3. The molecule has 22 heavy (non-hydrogen) atoms. The molecule has 0 aliphatic heterocycles. The average Bonchev–Trinajstić information content (AvgIpc) is 2.44. The van der Waals surface area contributed by atoms with Gasteiger partial charge in [-0.1, -0.05) is 6.92 Å². The Bertz CT molecular complexity index is 616. The Morgan fingerprint density at radius 2 is 2.09 bits per heavy atom. The van der Waals surface area contributed by atoms with Crippen molar-refractivity contribution in [2.24, 2.45) is 0 Å². The van der Waals surface area contributed by atoms with Crippen LogP contribution in [0.3, 0.4) is 0 Å². The Hall–Kier alpha value is -1.64. The number of benzene rings is 1. The van der Waals surface area contributed by atoms with Crippen molar-refractivity contribution in [3.05, 3.63) is 23.8 Å². The molecule has 0 spiro atoms. The van der Waals surface area contributed by atoms with Crippen LogP contribution >= 0.6 is 0 Å². The molecule has 0 aliphatic rings. The maximum atomic E-state index is 12.5. The quantitative estimate of drug-likeness (QED) is 0.634. The van der Waals surface area contributed by atoms with Crippen LogP contribution in [-0.2, 0) is 14.8 Å². The molecule has 0 aromatic heterocycles. The van der Waals surface area contributed by atoms with E-state index in [-0.39, 0.29) is 17.1 Å². The summed E-state index contributed by atoms with van der Waals surface area (Å²) >= 11 is 0. The fourth-order valence-electron chi connectivity index (χ4n) is 1.90. The van der Waals surface area contributed by atoms with Crippen LogP contribution in [0.1, 0.15) is 30.6 Å². The molecule has 0 amide bonds. The lowest BCUT2D eigenvalue weighted by molar-refractivity contribution is 0.0696. The summed E-state index contributed by atoms with van der Waals surface area (Å²) < 4.78 is 32.3. The monoisotopic (exact) mass is 330 g/mol. The number of carboxylic acid groups (broad SMARTS) is 1. The van der Waals surface area contributed by atoms with Crippen molar-refractivity contribution >= 4 is 21.7 Å². The lowest BCUT2D eigenvalue weighted by Crippen LogP contribution is -2.36. The third-order valence-corrected chi connectivity index (χ3v) is 4.49. The maximum Gasteiger partial charge on any atom is 0.335 e. The molecular weight excluding hydrogens is 308 g/mol. The standard InChI is InChI=1S/C14H22N2O5S/c1-4-7-15-12-6-5-11(14(17)18)8-13(12)22(19,20)16-10(2)9-21-3/h5-6,8,10,15-16H,4,7,9H2,1-3H3,(H,17,18)/t10-/m0/s1. The van der Waals surface area contributed by atoms with Crippen molar-refractivity contribution in [3.8, 4) is 0 Å². The number of anilines is 1. The molecule has 0 saturated carbocycles. The molecule has 0 fully saturated rings. The molecular formula is C14H22N2O5S. The van der Waals surface area contributed by atoms with Crippen LogP contribution in [-0.4, -0.2) is 45.8 Å². The molecule has 3 N–H and O–H groups in total. The Morgan fingerprint density at radius 3 is 2.64 bits per heavy atom. The zero-order chi connectivity index (χ0) is 16.8. The summed E-state index contributed by atoms with van der Waals surface area (Å²) in [4.78, 5) is 11.0. The summed E-state index contributed by atoms with van der Waals surface area (Å²) in [5, 5.41) is 12.0. The van der Waals surface area contributed by atoms with Gasteiger partial charge in [-0.2, -0.15) is 0 Å². The van der Waals surface area contributed by atoms with Gasteiger partial charge in [0.25, 0.3) is 0 Å². The van der Waals surface area contributed by atoms with E-state index in [4.69, 9.17) is 9.84 Å². The number of nitrogens with one attached hydrogen (secondary N) is 2. The fraction of sp³-hybridized carbons (Fsp3) is 0.500. The van der Waals surface area contributed by atoms with Crippen LogP contribution in [0.15, 0.2) is 23.1 Å². The minimum atomic E-state index is -3.85. The van der Waals surface area contributed by atoms with Crippen LogP contribution in [0.2, 0.25) is 0 Å². The summed E-state index contributed by atoms with van der Waals surface area (Å²) in [5.74, 6) is -1.18. The van der Waals surface area contributed by atoms with E-state index in [1.165, 1.54) is 19.2 Å².